The molecule has 1 aliphatic rings. The second-order valence-corrected chi connectivity index (χ2v) is 12.9. The van der Waals surface area contributed by atoms with Crippen LogP contribution in [0.3, 0.4) is 0 Å². The minimum atomic E-state index is -4.55. The van der Waals surface area contributed by atoms with E-state index < -0.39 is 46.6 Å². The first kappa shape index (κ1) is 36.5. The van der Waals surface area contributed by atoms with E-state index >= 15 is 0 Å². The van der Waals surface area contributed by atoms with Crippen LogP contribution in [0.15, 0.2) is 43.0 Å². The van der Waals surface area contributed by atoms with Gasteiger partial charge in [-0.25, -0.2) is 19.7 Å². The molecule has 1 aliphatic heterocycles. The molecular weight excluding hydrogens is 634 g/mol. The Morgan fingerprint density at radius 2 is 1.81 bits per heavy atom. The van der Waals surface area contributed by atoms with Gasteiger partial charge in [0.25, 0.3) is 5.91 Å². The van der Waals surface area contributed by atoms with Crippen molar-refractivity contribution in [3.8, 4) is 0 Å². The monoisotopic (exact) mass is 679 g/mol. The average molecular weight is 680 g/mol. The molecule has 3 aromatic rings. The molecular formula is C29H45N9O8S. The normalized spacial score (nSPS) is 20.6. The van der Waals surface area contributed by atoms with Gasteiger partial charge in [0.2, 0.25) is 0 Å². The Kier molecular flexibility index (Phi) is 13.3. The maximum absolute atomic E-state index is 13.8. The van der Waals surface area contributed by atoms with Crippen LogP contribution in [0.25, 0.3) is 11.2 Å². The number of benzene rings is 1. The van der Waals surface area contributed by atoms with Crippen LogP contribution in [0.1, 0.15) is 31.2 Å². The highest BCUT2D eigenvalue weighted by Crippen LogP contribution is 2.36. The third-order valence-corrected chi connectivity index (χ3v) is 9.24. The van der Waals surface area contributed by atoms with Crippen molar-refractivity contribution in [1.29, 1.82) is 0 Å². The Morgan fingerprint density at radius 3 is 2.51 bits per heavy atom. The largest absolute Gasteiger partial charge is 0.388 e. The fourth-order valence-corrected chi connectivity index (χ4v) is 6.54. The number of ether oxygens (including phenoxy) is 3. The van der Waals surface area contributed by atoms with E-state index in [2.05, 4.69) is 19.7 Å². The van der Waals surface area contributed by atoms with Crippen molar-refractivity contribution in [2.45, 2.75) is 56.1 Å². The number of carbonyl (C=O) groups is 1. The predicted molar refractivity (Wildman–Crippen MR) is 172 cm³/mol. The van der Waals surface area contributed by atoms with Crippen molar-refractivity contribution in [2.24, 2.45) is 11.5 Å². The van der Waals surface area contributed by atoms with E-state index in [1.165, 1.54) is 17.2 Å². The number of nitrogens with zero attached hydrogens (tertiary/aromatic N) is 5. The molecule has 3 heterocycles. The fraction of sp³-hybridized carbons (Fsp3) is 0.586. The number of carbonyl (C=O) groups excluding carboxylic acids is 1. The van der Waals surface area contributed by atoms with Crippen molar-refractivity contribution in [2.75, 3.05) is 58.4 Å². The Labute approximate surface area is 273 Å². The van der Waals surface area contributed by atoms with Crippen LogP contribution < -0.4 is 21.9 Å². The van der Waals surface area contributed by atoms with Gasteiger partial charge in [-0.15, -0.1) is 0 Å². The van der Waals surface area contributed by atoms with Gasteiger partial charge in [-0.05, 0) is 24.8 Å². The quantitative estimate of drug-likeness (QED) is 0.0751. The lowest BCUT2D eigenvalue weighted by atomic mass is 10.0. The van der Waals surface area contributed by atoms with Gasteiger partial charge in [0.15, 0.2) is 17.2 Å². The van der Waals surface area contributed by atoms with E-state index in [-0.39, 0.29) is 36.6 Å². The third-order valence-electron chi connectivity index (χ3n) is 7.79. The number of aliphatic hydroxyl groups excluding tert-OH is 2. The number of aromatic nitrogens is 4. The van der Waals surface area contributed by atoms with E-state index in [0.717, 1.165) is 22.7 Å². The number of nitrogens with one attached hydrogen (secondary N) is 1. The molecule has 1 fully saturated rings. The van der Waals surface area contributed by atoms with Gasteiger partial charge in [-0.3, -0.25) is 9.36 Å². The molecule has 4 atom stereocenters. The number of amides is 1. The molecule has 0 bridgehead atoms. The van der Waals surface area contributed by atoms with Crippen molar-refractivity contribution in [1.82, 2.24) is 28.5 Å². The summed E-state index contributed by atoms with van der Waals surface area (Å²) in [5, 5.41) is 21.8. The predicted octanol–water partition coefficient (Wildman–Crippen LogP) is -1.40. The van der Waals surface area contributed by atoms with Crippen molar-refractivity contribution in [3.63, 3.8) is 0 Å². The molecule has 1 saturated heterocycles. The van der Waals surface area contributed by atoms with Crippen LogP contribution >= 0.6 is 0 Å². The van der Waals surface area contributed by atoms with E-state index in [1.54, 1.807) is 24.3 Å². The van der Waals surface area contributed by atoms with E-state index in [0.29, 0.717) is 45.8 Å². The van der Waals surface area contributed by atoms with Gasteiger partial charge in [0.1, 0.15) is 24.1 Å². The van der Waals surface area contributed by atoms with Gasteiger partial charge in [-0.2, -0.15) is 12.7 Å². The number of nitrogen functional groups attached to an aromatic ring is 1. The first-order valence-electron chi connectivity index (χ1n) is 15.5. The number of anilines is 1. The first-order chi connectivity index (χ1) is 22.6. The lowest BCUT2D eigenvalue weighted by molar-refractivity contribution is -0.129. The molecule has 4 rings (SSSR count). The van der Waals surface area contributed by atoms with E-state index in [4.69, 9.17) is 31.4 Å². The summed E-state index contributed by atoms with van der Waals surface area (Å²) < 4.78 is 48.9. The molecule has 1 aromatic carbocycles. The number of hydrogen-bond donors (Lipinski definition) is 6. The summed E-state index contributed by atoms with van der Waals surface area (Å²) in [7, 11) is -4.55. The first-order valence-corrected chi connectivity index (χ1v) is 16.9. The summed E-state index contributed by atoms with van der Waals surface area (Å²) in [4.78, 5) is 25.5. The second-order valence-electron chi connectivity index (χ2n) is 11.2. The smallest absolute Gasteiger partial charge is 0.304 e. The molecule has 47 heavy (non-hydrogen) atoms. The molecule has 0 saturated carbocycles. The molecule has 0 radical (unpaired) electrons. The zero-order valence-corrected chi connectivity index (χ0v) is 27.0. The lowest BCUT2D eigenvalue weighted by Gasteiger charge is -2.37. The fourth-order valence-electron chi connectivity index (χ4n) is 5.28. The number of imidazole rings is 1. The molecule has 0 aliphatic carbocycles. The summed E-state index contributed by atoms with van der Waals surface area (Å²) in [6, 6.07) is 7.82. The third kappa shape index (κ3) is 9.40. The Bertz CT molecular complexity index is 1530. The number of unbranched alkanes of at least 4 members (excludes halogenated alkanes) is 3. The highest BCUT2D eigenvalue weighted by Gasteiger charge is 2.53. The van der Waals surface area contributed by atoms with Crippen LogP contribution in [-0.2, 0) is 41.4 Å². The molecule has 1 amide bonds. The molecule has 260 valence electrons. The topological polar surface area (TPSA) is 256 Å². The minimum absolute atomic E-state index is 0.0536. The Balaban J connectivity index is 1.50. The van der Waals surface area contributed by atoms with Gasteiger partial charge < -0.3 is 41.6 Å². The Hall–Kier alpha value is -3.33. The number of hydrogen-bond acceptors (Lipinski definition) is 14. The number of aliphatic hydroxyl groups is 2. The molecule has 9 N–H and O–H groups in total. The summed E-state index contributed by atoms with van der Waals surface area (Å²) in [5.41, 5.74) is 16.7. The number of rotatable bonds is 20. The number of nitrogens with two attached hydrogens (primary N) is 3. The summed E-state index contributed by atoms with van der Waals surface area (Å²) in [5.74, 6) is -0.838. The average Bonchev–Trinajstić information content (AvgIpc) is 3.61. The van der Waals surface area contributed by atoms with E-state index in [9.17, 15) is 23.4 Å². The van der Waals surface area contributed by atoms with Crippen molar-refractivity contribution >= 4 is 33.1 Å². The van der Waals surface area contributed by atoms with Crippen molar-refractivity contribution < 1.29 is 37.6 Å². The standard InChI is InChI=1S/C29H45N9O8S/c30-10-13-45-15-14-44-12-7-2-1-6-11-37(47(42,43)36-28(41)22(31)16-21-8-4-3-5-9-21)18-29(25(40)23(39)17-46-29)38-20-35-24-26(32)33-19-34-27(24)38/h3-5,8-9,19-20,22-23,25,39-40H,1-2,6-7,10-18,30-31H2,(H,36,41)(H2,32,33,34). The highest BCUT2D eigenvalue weighted by atomic mass is 32.2. The Morgan fingerprint density at radius 1 is 1.09 bits per heavy atom. The minimum Gasteiger partial charge on any atom is -0.388 e. The lowest BCUT2D eigenvalue weighted by Crippen LogP contribution is -2.57. The summed E-state index contributed by atoms with van der Waals surface area (Å²) in [6.07, 6.45) is 2.17. The second kappa shape index (κ2) is 17.2. The zero-order valence-electron chi connectivity index (χ0n) is 26.2. The zero-order chi connectivity index (χ0) is 33.9. The van der Waals surface area contributed by atoms with Gasteiger partial charge >= 0.3 is 10.2 Å². The molecule has 17 nitrogen and oxygen atoms in total. The van der Waals surface area contributed by atoms with Crippen LogP contribution in [-0.4, -0.2) is 119 Å². The van der Waals surface area contributed by atoms with E-state index in [1.807, 2.05) is 6.07 Å². The molecule has 0 spiro atoms. The van der Waals surface area contributed by atoms with Crippen LogP contribution in [0.2, 0.25) is 0 Å². The van der Waals surface area contributed by atoms with Gasteiger partial charge in [0.05, 0.1) is 45.3 Å². The SMILES string of the molecule is NCCOCCOCCCCCCN(CC1(n2cnc3c(N)ncnc32)OCC(O)C1O)S(=O)(=O)NC(=O)C(N)Cc1ccccc1. The number of fused-ring (bicyclic) bond motifs is 1. The molecule has 18 heteroatoms. The van der Waals surface area contributed by atoms with Crippen LogP contribution in [0.4, 0.5) is 5.82 Å². The maximum atomic E-state index is 13.8. The van der Waals surface area contributed by atoms with Crippen LogP contribution in [0, 0.1) is 0 Å². The highest BCUT2D eigenvalue weighted by molar-refractivity contribution is 7.87. The van der Waals surface area contributed by atoms with Gasteiger partial charge in [-0.1, -0.05) is 43.2 Å². The summed E-state index contributed by atoms with van der Waals surface area (Å²) in [6.45, 7) is 1.48. The van der Waals surface area contributed by atoms with Crippen molar-refractivity contribution in [3.05, 3.63) is 48.5 Å². The summed E-state index contributed by atoms with van der Waals surface area (Å²) >= 11 is 0. The molecule has 2 aromatic heterocycles. The van der Waals surface area contributed by atoms with Crippen LogP contribution in [0.5, 0.6) is 0 Å². The van der Waals surface area contributed by atoms with Gasteiger partial charge in [0, 0.05) is 19.7 Å². The molecule has 4 unspecified atom stereocenters. The maximum Gasteiger partial charge on any atom is 0.304 e.